The molecular formula is C16H19N5O. The quantitative estimate of drug-likeness (QED) is 0.818. The van der Waals surface area contributed by atoms with E-state index in [1.807, 2.05) is 31.5 Å². The largest absolute Gasteiger partial charge is 0.369 e. The highest BCUT2D eigenvalue weighted by molar-refractivity contribution is 6.05. The van der Waals surface area contributed by atoms with E-state index in [-0.39, 0.29) is 12.1 Å². The number of hydrogen-bond acceptors (Lipinski definition) is 5. The number of carbonyl (C=O) groups excluding carboxylic acids is 1. The number of hydrogen-bond donors (Lipinski definition) is 2. The van der Waals surface area contributed by atoms with Crippen molar-refractivity contribution in [3.63, 3.8) is 0 Å². The molecule has 22 heavy (non-hydrogen) atoms. The Morgan fingerprint density at radius 2 is 2.18 bits per heavy atom. The van der Waals surface area contributed by atoms with Gasteiger partial charge < -0.3 is 15.5 Å². The number of fused-ring (bicyclic) bond motifs is 2. The summed E-state index contributed by atoms with van der Waals surface area (Å²) in [5, 5.41) is 6.16. The standard InChI is InChI=1S/C16H19N5O/c1-11-18-9-12(10-19-11)21-7-4-16(5-8-21)13-3-2-6-17-14(13)20-15(16)22/h2-3,6,9-11,18H,4-5,7-8H2,1H3,(H,17,20,22). The second-order valence-electron chi connectivity index (χ2n) is 6.11. The van der Waals surface area contributed by atoms with E-state index in [2.05, 4.69) is 25.5 Å². The zero-order chi connectivity index (χ0) is 15.2. The summed E-state index contributed by atoms with van der Waals surface area (Å²) in [6.45, 7) is 3.70. The lowest BCUT2D eigenvalue weighted by Gasteiger charge is -2.39. The third kappa shape index (κ3) is 1.90. The highest BCUT2D eigenvalue weighted by Crippen LogP contribution is 2.44. The molecule has 1 aromatic heterocycles. The lowest BCUT2D eigenvalue weighted by atomic mass is 9.74. The first-order chi connectivity index (χ1) is 10.7. The Kier molecular flexibility index (Phi) is 2.92. The number of allylic oxidation sites excluding steroid dienone is 1. The third-order valence-electron chi connectivity index (χ3n) is 4.87. The maximum atomic E-state index is 12.5. The number of piperidine rings is 1. The molecule has 1 aromatic rings. The monoisotopic (exact) mass is 297 g/mol. The number of rotatable bonds is 1. The Hall–Kier alpha value is -2.37. The molecule has 2 N–H and O–H groups in total. The first-order valence-corrected chi connectivity index (χ1v) is 7.70. The van der Waals surface area contributed by atoms with Crippen LogP contribution in [0, 0.1) is 0 Å². The molecule has 0 aliphatic carbocycles. The van der Waals surface area contributed by atoms with Gasteiger partial charge in [0.1, 0.15) is 12.0 Å². The van der Waals surface area contributed by atoms with Gasteiger partial charge in [0.05, 0.1) is 11.1 Å². The van der Waals surface area contributed by atoms with E-state index in [1.165, 1.54) is 0 Å². The van der Waals surface area contributed by atoms with Crippen LogP contribution in [0.4, 0.5) is 5.82 Å². The van der Waals surface area contributed by atoms with Gasteiger partial charge in [0.15, 0.2) is 0 Å². The second-order valence-corrected chi connectivity index (χ2v) is 6.11. The van der Waals surface area contributed by atoms with Crippen LogP contribution in [0.1, 0.15) is 25.3 Å². The van der Waals surface area contributed by atoms with Gasteiger partial charge in [-0.05, 0) is 25.8 Å². The highest BCUT2D eigenvalue weighted by Gasteiger charge is 2.49. The molecule has 0 aromatic carbocycles. The summed E-state index contributed by atoms with van der Waals surface area (Å²) in [4.78, 5) is 23.5. The number of carbonyl (C=O) groups is 1. The molecule has 4 rings (SSSR count). The van der Waals surface area contributed by atoms with Gasteiger partial charge >= 0.3 is 0 Å². The van der Waals surface area contributed by atoms with Gasteiger partial charge in [0.2, 0.25) is 5.91 Å². The summed E-state index contributed by atoms with van der Waals surface area (Å²) in [5.74, 6) is 0.828. The van der Waals surface area contributed by atoms with Crippen molar-refractivity contribution in [1.82, 2.24) is 15.2 Å². The molecule has 0 radical (unpaired) electrons. The van der Waals surface area contributed by atoms with Gasteiger partial charge in [0.25, 0.3) is 0 Å². The van der Waals surface area contributed by atoms with Crippen LogP contribution in [0.2, 0.25) is 0 Å². The predicted molar refractivity (Wildman–Crippen MR) is 84.5 cm³/mol. The van der Waals surface area contributed by atoms with E-state index in [9.17, 15) is 4.79 Å². The molecule has 0 saturated carbocycles. The van der Waals surface area contributed by atoms with E-state index in [1.54, 1.807) is 6.20 Å². The van der Waals surface area contributed by atoms with Gasteiger partial charge in [-0.3, -0.25) is 9.79 Å². The molecule has 1 unspecified atom stereocenters. The molecule has 1 spiro atoms. The minimum absolute atomic E-state index is 0.0962. The number of likely N-dealkylation sites (tertiary alicyclic amines) is 1. The molecule has 1 amide bonds. The SMILES string of the molecule is CC1N=CC(N2CCC3(CC2)C(=O)Nc2ncccc23)=CN1. The smallest absolute Gasteiger partial charge is 0.236 e. The normalized spacial score (nSPS) is 25.5. The number of pyridine rings is 1. The van der Waals surface area contributed by atoms with Crippen LogP contribution in [0.15, 0.2) is 35.2 Å². The van der Waals surface area contributed by atoms with Crippen LogP contribution in [-0.2, 0) is 10.2 Å². The highest BCUT2D eigenvalue weighted by atomic mass is 16.2. The van der Waals surface area contributed by atoms with E-state index >= 15 is 0 Å². The number of aliphatic imine (C=N–C) groups is 1. The second kappa shape index (κ2) is 4.83. The van der Waals surface area contributed by atoms with Crippen molar-refractivity contribution in [2.75, 3.05) is 18.4 Å². The molecular weight excluding hydrogens is 278 g/mol. The van der Waals surface area contributed by atoms with Gasteiger partial charge in [-0.15, -0.1) is 0 Å². The average Bonchev–Trinajstić information content (AvgIpc) is 2.82. The molecule has 6 heteroatoms. The maximum Gasteiger partial charge on any atom is 0.236 e. The third-order valence-corrected chi connectivity index (χ3v) is 4.87. The Morgan fingerprint density at radius 3 is 2.91 bits per heavy atom. The number of nitrogens with one attached hydrogen (secondary N) is 2. The molecule has 1 saturated heterocycles. The fourth-order valence-corrected chi connectivity index (χ4v) is 3.53. The lowest BCUT2D eigenvalue weighted by Crippen LogP contribution is -2.46. The fraction of sp³-hybridized carbons (Fsp3) is 0.438. The number of nitrogens with zero attached hydrogens (tertiary/aromatic N) is 3. The average molecular weight is 297 g/mol. The van der Waals surface area contributed by atoms with Crippen molar-refractivity contribution in [3.8, 4) is 0 Å². The molecule has 114 valence electrons. The minimum Gasteiger partial charge on any atom is -0.369 e. The Bertz CT molecular complexity index is 673. The van der Waals surface area contributed by atoms with Crippen molar-refractivity contribution in [2.24, 2.45) is 4.99 Å². The summed E-state index contributed by atoms with van der Waals surface area (Å²) in [5.41, 5.74) is 1.74. The Labute approximate surface area is 129 Å². The van der Waals surface area contributed by atoms with Crippen molar-refractivity contribution in [3.05, 3.63) is 35.8 Å². The molecule has 0 bridgehead atoms. The zero-order valence-electron chi connectivity index (χ0n) is 12.5. The summed E-state index contributed by atoms with van der Waals surface area (Å²) < 4.78 is 0. The van der Waals surface area contributed by atoms with Crippen molar-refractivity contribution in [1.29, 1.82) is 0 Å². The van der Waals surface area contributed by atoms with E-state index in [0.29, 0.717) is 0 Å². The van der Waals surface area contributed by atoms with E-state index in [4.69, 9.17) is 0 Å². The molecule has 1 fully saturated rings. The van der Waals surface area contributed by atoms with Crippen molar-refractivity contribution >= 4 is 17.9 Å². The fourth-order valence-electron chi connectivity index (χ4n) is 3.53. The molecule has 3 aliphatic rings. The van der Waals surface area contributed by atoms with Crippen LogP contribution in [0.5, 0.6) is 0 Å². The first-order valence-electron chi connectivity index (χ1n) is 7.70. The van der Waals surface area contributed by atoms with E-state index < -0.39 is 5.41 Å². The number of amides is 1. The van der Waals surface area contributed by atoms with Gasteiger partial charge in [-0.25, -0.2) is 4.98 Å². The van der Waals surface area contributed by atoms with Gasteiger partial charge in [-0.1, -0.05) is 6.07 Å². The van der Waals surface area contributed by atoms with Crippen LogP contribution in [0.25, 0.3) is 0 Å². The lowest BCUT2D eigenvalue weighted by molar-refractivity contribution is -0.122. The van der Waals surface area contributed by atoms with Crippen LogP contribution in [0.3, 0.4) is 0 Å². The predicted octanol–water partition coefficient (Wildman–Crippen LogP) is 1.23. The van der Waals surface area contributed by atoms with Gasteiger partial charge in [0, 0.05) is 37.3 Å². The summed E-state index contributed by atoms with van der Waals surface area (Å²) >= 11 is 0. The van der Waals surface area contributed by atoms with Crippen LogP contribution >= 0.6 is 0 Å². The number of anilines is 1. The first kappa shape index (κ1) is 13.3. The van der Waals surface area contributed by atoms with Crippen molar-refractivity contribution in [2.45, 2.75) is 31.3 Å². The molecule has 6 nitrogen and oxygen atoms in total. The zero-order valence-corrected chi connectivity index (χ0v) is 12.5. The molecule has 3 aliphatic heterocycles. The maximum absolute atomic E-state index is 12.5. The summed E-state index contributed by atoms with van der Waals surface area (Å²) in [6.07, 6.45) is 7.40. The summed E-state index contributed by atoms with van der Waals surface area (Å²) in [7, 11) is 0. The van der Waals surface area contributed by atoms with Gasteiger partial charge in [-0.2, -0.15) is 0 Å². The molecule has 1 atom stereocenters. The molecule has 4 heterocycles. The van der Waals surface area contributed by atoms with Crippen LogP contribution in [-0.4, -0.2) is 41.3 Å². The Balaban J connectivity index is 1.55. The van der Waals surface area contributed by atoms with Crippen molar-refractivity contribution < 1.29 is 4.79 Å². The Morgan fingerprint density at radius 1 is 1.36 bits per heavy atom. The topological polar surface area (TPSA) is 69.6 Å². The van der Waals surface area contributed by atoms with E-state index in [0.717, 1.165) is 43.0 Å². The summed E-state index contributed by atoms with van der Waals surface area (Å²) in [6, 6.07) is 3.94. The van der Waals surface area contributed by atoms with Crippen LogP contribution < -0.4 is 10.6 Å². The minimum atomic E-state index is -0.410. The number of aromatic nitrogens is 1.